The van der Waals surface area contributed by atoms with Crippen molar-refractivity contribution in [1.29, 1.82) is 0 Å². The third-order valence-corrected chi connectivity index (χ3v) is 4.02. The fraction of sp³-hybridized carbons (Fsp3) is 0.200. The number of phenolic OH excluding ortho intramolecular Hbond substituents is 3. The molecule has 0 aliphatic carbocycles. The predicted molar refractivity (Wildman–Crippen MR) is 81.9 cm³/mol. The van der Waals surface area contributed by atoms with Crippen molar-refractivity contribution in [2.45, 2.75) is 25.7 Å². The summed E-state index contributed by atoms with van der Waals surface area (Å²) in [6, 6.07) is 7.47. The Bertz CT molecular complexity index is 737. The van der Waals surface area contributed by atoms with E-state index >= 15 is 0 Å². The summed E-state index contributed by atoms with van der Waals surface area (Å²) < 4.78 is 30.8. The Morgan fingerprint density at radius 1 is 0.864 bits per heavy atom. The van der Waals surface area contributed by atoms with Crippen LogP contribution in [-0.2, 0) is 10.1 Å². The molecule has 0 heterocycles. The van der Waals surface area contributed by atoms with Crippen LogP contribution in [0, 0.1) is 20.8 Å². The highest BCUT2D eigenvalue weighted by atomic mass is 32.2. The van der Waals surface area contributed by atoms with Gasteiger partial charge in [-0.3, -0.25) is 4.55 Å². The van der Waals surface area contributed by atoms with Crippen LogP contribution in [0.15, 0.2) is 35.2 Å². The summed E-state index contributed by atoms with van der Waals surface area (Å²) in [4.78, 5) is 0.0260. The topological polar surface area (TPSA) is 115 Å². The van der Waals surface area contributed by atoms with Crippen molar-refractivity contribution >= 4 is 10.1 Å². The smallest absolute Gasteiger partial charge is 0.295 e. The molecule has 120 valence electrons. The molecular weight excluding hydrogens is 308 g/mol. The van der Waals surface area contributed by atoms with E-state index in [1.165, 1.54) is 18.2 Å². The lowest BCUT2D eigenvalue weighted by Gasteiger charge is -2.07. The average Bonchev–Trinajstić information content (AvgIpc) is 2.33. The number of benzene rings is 2. The molecule has 2 aromatic rings. The highest BCUT2D eigenvalue weighted by Gasteiger charge is 2.15. The molecule has 7 heteroatoms. The average molecular weight is 326 g/mol. The van der Waals surface area contributed by atoms with Gasteiger partial charge >= 0.3 is 0 Å². The molecule has 22 heavy (non-hydrogen) atoms. The third kappa shape index (κ3) is 4.37. The molecular formula is C15H18O6S. The van der Waals surface area contributed by atoms with Gasteiger partial charge in [-0.25, -0.2) is 0 Å². The predicted octanol–water partition coefficient (Wildman–Crippen LogP) is 2.66. The highest BCUT2D eigenvalue weighted by Crippen LogP contribution is 2.32. The summed E-state index contributed by atoms with van der Waals surface area (Å²) >= 11 is 0. The van der Waals surface area contributed by atoms with Crippen LogP contribution in [0.5, 0.6) is 17.2 Å². The van der Waals surface area contributed by atoms with Gasteiger partial charge in [-0.15, -0.1) is 0 Å². The highest BCUT2D eigenvalue weighted by molar-refractivity contribution is 7.86. The standard InChI is InChI=1S/C9H12O3S.C6H6O3/c1-6-4-7(2)9(8(3)5-6)13(10,11)12;7-4-2-1-3-5(8)6(4)9/h4-5H,1-3H3,(H,10,11,12);1-3,7-9H. The van der Waals surface area contributed by atoms with E-state index in [0.29, 0.717) is 11.1 Å². The van der Waals surface area contributed by atoms with Crippen LogP contribution in [0.4, 0.5) is 0 Å². The second kappa shape index (κ2) is 6.67. The van der Waals surface area contributed by atoms with Crippen LogP contribution < -0.4 is 0 Å². The fourth-order valence-corrected chi connectivity index (χ4v) is 3.02. The Balaban J connectivity index is 0.000000235. The summed E-state index contributed by atoms with van der Waals surface area (Å²) in [5, 5.41) is 26.1. The summed E-state index contributed by atoms with van der Waals surface area (Å²) in [5.74, 6) is -1.09. The maximum Gasteiger partial charge on any atom is 0.295 e. The van der Waals surface area contributed by atoms with Crippen molar-refractivity contribution in [3.8, 4) is 17.2 Å². The minimum absolute atomic E-state index is 0.0260. The number of hydrogen-bond donors (Lipinski definition) is 4. The van der Waals surface area contributed by atoms with Crippen molar-refractivity contribution < 1.29 is 28.3 Å². The van der Waals surface area contributed by atoms with Crippen LogP contribution in [0.1, 0.15) is 16.7 Å². The summed E-state index contributed by atoms with van der Waals surface area (Å²) in [7, 11) is -4.08. The number of para-hydroxylation sites is 1. The Labute approximate surface area is 129 Å². The van der Waals surface area contributed by atoms with Gasteiger partial charge in [-0.1, -0.05) is 23.8 Å². The summed E-state index contributed by atoms with van der Waals surface area (Å²) in [6.07, 6.45) is 0. The zero-order valence-corrected chi connectivity index (χ0v) is 13.2. The molecule has 0 bridgehead atoms. The second-order valence-corrected chi connectivity index (χ2v) is 6.21. The molecule has 0 fully saturated rings. The normalized spacial score (nSPS) is 10.7. The Morgan fingerprint density at radius 3 is 1.59 bits per heavy atom. The molecule has 0 aromatic heterocycles. The van der Waals surface area contributed by atoms with Gasteiger partial charge in [0, 0.05) is 0 Å². The van der Waals surface area contributed by atoms with Gasteiger partial charge in [-0.05, 0) is 44.0 Å². The Hall–Kier alpha value is -2.25. The van der Waals surface area contributed by atoms with Crippen LogP contribution in [0.3, 0.4) is 0 Å². The SMILES string of the molecule is Cc1cc(C)c(S(=O)(=O)O)c(C)c1.Oc1cccc(O)c1O. The zero-order valence-electron chi connectivity index (χ0n) is 12.4. The number of aryl methyl sites for hydroxylation is 3. The molecule has 0 atom stereocenters. The van der Waals surface area contributed by atoms with Gasteiger partial charge < -0.3 is 15.3 Å². The Kier molecular flexibility index (Phi) is 5.40. The van der Waals surface area contributed by atoms with E-state index in [1.807, 2.05) is 6.92 Å². The lowest BCUT2D eigenvalue weighted by Crippen LogP contribution is -2.04. The zero-order chi connectivity index (χ0) is 17.1. The quantitative estimate of drug-likeness (QED) is 0.473. The molecule has 2 aromatic carbocycles. The largest absolute Gasteiger partial charge is 0.504 e. The van der Waals surface area contributed by atoms with E-state index in [2.05, 4.69) is 0 Å². The van der Waals surface area contributed by atoms with Crippen LogP contribution in [0.2, 0.25) is 0 Å². The van der Waals surface area contributed by atoms with Gasteiger partial charge in [0.25, 0.3) is 10.1 Å². The minimum Gasteiger partial charge on any atom is -0.504 e. The number of aromatic hydroxyl groups is 3. The summed E-state index contributed by atoms with van der Waals surface area (Å²) in [6.45, 7) is 5.22. The minimum atomic E-state index is -4.08. The van der Waals surface area contributed by atoms with E-state index in [-0.39, 0.29) is 16.4 Å². The molecule has 6 nitrogen and oxygen atoms in total. The molecule has 0 amide bonds. The van der Waals surface area contributed by atoms with Gasteiger partial charge in [-0.2, -0.15) is 8.42 Å². The maximum absolute atomic E-state index is 10.9. The lowest BCUT2D eigenvalue weighted by molar-refractivity contribution is 0.368. The van der Waals surface area contributed by atoms with Crippen LogP contribution in [0.25, 0.3) is 0 Å². The molecule has 0 aliphatic heterocycles. The molecule has 4 N–H and O–H groups in total. The van der Waals surface area contributed by atoms with Gasteiger partial charge in [0.05, 0.1) is 4.90 Å². The summed E-state index contributed by atoms with van der Waals surface area (Å²) in [5.41, 5.74) is 2.16. The van der Waals surface area contributed by atoms with Crippen molar-refractivity contribution in [3.05, 3.63) is 47.0 Å². The monoisotopic (exact) mass is 326 g/mol. The first-order chi connectivity index (χ1) is 10.0. The van der Waals surface area contributed by atoms with E-state index in [4.69, 9.17) is 19.9 Å². The van der Waals surface area contributed by atoms with Crippen molar-refractivity contribution in [2.24, 2.45) is 0 Å². The lowest BCUT2D eigenvalue weighted by atomic mass is 10.1. The van der Waals surface area contributed by atoms with Crippen molar-refractivity contribution in [1.82, 2.24) is 0 Å². The second-order valence-electron chi connectivity index (χ2n) is 4.85. The van der Waals surface area contributed by atoms with Crippen molar-refractivity contribution in [3.63, 3.8) is 0 Å². The fourth-order valence-electron chi connectivity index (χ4n) is 2.09. The molecule has 0 aliphatic rings. The first-order valence-electron chi connectivity index (χ1n) is 6.29. The molecule has 0 saturated carbocycles. The van der Waals surface area contributed by atoms with E-state index in [0.717, 1.165) is 5.56 Å². The van der Waals surface area contributed by atoms with E-state index in [1.54, 1.807) is 26.0 Å². The maximum atomic E-state index is 10.9. The molecule has 0 unspecified atom stereocenters. The van der Waals surface area contributed by atoms with Crippen molar-refractivity contribution in [2.75, 3.05) is 0 Å². The number of phenols is 3. The number of hydrogen-bond acceptors (Lipinski definition) is 5. The first-order valence-corrected chi connectivity index (χ1v) is 7.73. The van der Waals surface area contributed by atoms with Gasteiger partial charge in [0.15, 0.2) is 17.2 Å². The van der Waals surface area contributed by atoms with E-state index < -0.39 is 15.9 Å². The van der Waals surface area contributed by atoms with Gasteiger partial charge in [0.1, 0.15) is 0 Å². The molecule has 0 spiro atoms. The molecule has 0 radical (unpaired) electrons. The molecule has 0 saturated heterocycles. The first kappa shape index (κ1) is 17.8. The van der Waals surface area contributed by atoms with Crippen LogP contribution in [-0.4, -0.2) is 28.3 Å². The Morgan fingerprint density at radius 2 is 1.27 bits per heavy atom. The van der Waals surface area contributed by atoms with Crippen LogP contribution >= 0.6 is 0 Å². The third-order valence-electron chi connectivity index (χ3n) is 2.86. The van der Waals surface area contributed by atoms with Gasteiger partial charge in [0.2, 0.25) is 0 Å². The van der Waals surface area contributed by atoms with E-state index in [9.17, 15) is 8.42 Å². The molecule has 2 rings (SSSR count). The number of rotatable bonds is 1.